The number of methoxy groups -OCH3 is 1. The number of hydrogen-bond acceptors (Lipinski definition) is 6. The second-order valence-corrected chi connectivity index (χ2v) is 10.3. The van der Waals surface area contributed by atoms with Crippen LogP contribution in [0.3, 0.4) is 0 Å². The summed E-state index contributed by atoms with van der Waals surface area (Å²) in [4.78, 5) is 1.80. The molecule has 0 aromatic heterocycles. The van der Waals surface area contributed by atoms with Gasteiger partial charge in [-0.1, -0.05) is 54.6 Å². The fourth-order valence-electron chi connectivity index (χ4n) is 5.58. The van der Waals surface area contributed by atoms with Crippen LogP contribution in [-0.2, 0) is 13.1 Å². The first kappa shape index (κ1) is 30.0. The summed E-state index contributed by atoms with van der Waals surface area (Å²) in [6.45, 7) is -1.44. The van der Waals surface area contributed by atoms with E-state index in [0.717, 1.165) is 5.56 Å². The normalized spacial score (nSPS) is 20.5. The predicted octanol–water partition coefficient (Wildman–Crippen LogP) is 5.93. The van der Waals surface area contributed by atoms with E-state index in [1.54, 1.807) is 24.3 Å². The van der Waals surface area contributed by atoms with Crippen molar-refractivity contribution in [3.8, 4) is 17.2 Å². The maximum Gasteiger partial charge on any atom is 0.405 e. The van der Waals surface area contributed by atoms with Crippen molar-refractivity contribution >= 4 is 0 Å². The lowest BCUT2D eigenvalue weighted by Gasteiger charge is -2.49. The molecule has 226 valence electrons. The van der Waals surface area contributed by atoms with Gasteiger partial charge in [-0.3, -0.25) is 9.80 Å². The van der Waals surface area contributed by atoms with E-state index in [4.69, 9.17) is 14.2 Å². The summed E-state index contributed by atoms with van der Waals surface area (Å²) < 4.78 is 104. The highest BCUT2D eigenvalue weighted by atomic mass is 19.4. The van der Waals surface area contributed by atoms with Gasteiger partial charge in [0.2, 0.25) is 6.79 Å². The monoisotopic (exact) mass is 595 g/mol. The first-order valence-corrected chi connectivity index (χ1v) is 13.4. The molecule has 2 heterocycles. The highest BCUT2D eigenvalue weighted by molar-refractivity contribution is 5.44. The Labute approximate surface area is 239 Å². The van der Waals surface area contributed by atoms with Crippen molar-refractivity contribution in [3.05, 3.63) is 89.5 Å². The molecule has 5 rings (SSSR count). The van der Waals surface area contributed by atoms with Gasteiger partial charge >= 0.3 is 12.4 Å². The molecule has 1 fully saturated rings. The lowest BCUT2D eigenvalue weighted by molar-refractivity contribution is -0.258. The Morgan fingerprint density at radius 3 is 2.14 bits per heavy atom. The van der Waals surface area contributed by atoms with Gasteiger partial charge in [-0.05, 0) is 29.3 Å². The SMILES string of the molecule is COc1ccccc1C(CNCc1ccccc1)N1CC(C(F)(F)F)N(Cc2ccc3c(c2)OCO3)C(C(F)(F)F)C1. The third-order valence-corrected chi connectivity index (χ3v) is 7.62. The van der Waals surface area contributed by atoms with Crippen molar-refractivity contribution in [2.75, 3.05) is 33.5 Å². The molecule has 2 aliphatic rings. The molecule has 42 heavy (non-hydrogen) atoms. The van der Waals surface area contributed by atoms with Gasteiger partial charge in [-0.25, -0.2) is 0 Å². The number of rotatable bonds is 9. The Morgan fingerprint density at radius 2 is 1.48 bits per heavy atom. The Morgan fingerprint density at radius 1 is 0.833 bits per heavy atom. The molecule has 3 aromatic rings. The van der Waals surface area contributed by atoms with Crippen LogP contribution in [0.15, 0.2) is 72.8 Å². The summed E-state index contributed by atoms with van der Waals surface area (Å²) in [5.41, 5.74) is 1.71. The minimum Gasteiger partial charge on any atom is -0.496 e. The first-order chi connectivity index (χ1) is 20.0. The average Bonchev–Trinajstić information content (AvgIpc) is 3.43. The van der Waals surface area contributed by atoms with Gasteiger partial charge < -0.3 is 19.5 Å². The van der Waals surface area contributed by atoms with Gasteiger partial charge in [0.1, 0.15) is 17.8 Å². The number of benzene rings is 3. The Balaban J connectivity index is 1.47. The standard InChI is InChI=1S/C30H31F6N3O3/c1-40-24-10-6-5-9-22(24)23(15-37-14-20-7-3-2-4-8-20)38-17-27(29(31,32)33)39(28(18-38)30(34,35)36)16-21-11-12-25-26(13-21)42-19-41-25/h2-13,23,27-28,37H,14-19H2,1H3. The van der Waals surface area contributed by atoms with Gasteiger partial charge in [0.15, 0.2) is 11.5 Å². The highest BCUT2D eigenvalue weighted by Gasteiger charge is 2.57. The Kier molecular flexibility index (Phi) is 8.86. The zero-order valence-corrected chi connectivity index (χ0v) is 22.8. The second-order valence-electron chi connectivity index (χ2n) is 10.3. The molecule has 12 heteroatoms. The number of para-hydroxylation sites is 1. The minimum atomic E-state index is -4.93. The molecule has 0 amide bonds. The van der Waals surface area contributed by atoms with E-state index in [-0.39, 0.29) is 18.9 Å². The summed E-state index contributed by atoms with van der Waals surface area (Å²) in [7, 11) is 1.42. The molecule has 1 N–H and O–H groups in total. The minimum absolute atomic E-state index is 0.0591. The van der Waals surface area contributed by atoms with Gasteiger partial charge in [-0.2, -0.15) is 26.3 Å². The van der Waals surface area contributed by atoms with E-state index in [0.29, 0.717) is 34.3 Å². The van der Waals surface area contributed by atoms with Crippen molar-refractivity contribution in [1.82, 2.24) is 15.1 Å². The molecule has 0 radical (unpaired) electrons. The van der Waals surface area contributed by atoms with E-state index in [1.165, 1.54) is 30.2 Å². The molecule has 3 atom stereocenters. The highest BCUT2D eigenvalue weighted by Crippen LogP contribution is 2.41. The van der Waals surface area contributed by atoms with Crippen LogP contribution < -0.4 is 19.5 Å². The van der Waals surface area contributed by atoms with E-state index >= 15 is 0 Å². The third kappa shape index (κ3) is 6.77. The third-order valence-electron chi connectivity index (χ3n) is 7.62. The molecule has 0 aliphatic carbocycles. The van der Waals surface area contributed by atoms with Gasteiger partial charge in [-0.15, -0.1) is 0 Å². The number of fused-ring (bicyclic) bond motifs is 1. The molecular weight excluding hydrogens is 564 g/mol. The number of nitrogens with one attached hydrogen (secondary N) is 1. The number of piperazine rings is 1. The van der Waals surface area contributed by atoms with Gasteiger partial charge in [0, 0.05) is 38.3 Å². The van der Waals surface area contributed by atoms with E-state index in [2.05, 4.69) is 5.32 Å². The van der Waals surface area contributed by atoms with Crippen molar-refractivity contribution < 1.29 is 40.6 Å². The van der Waals surface area contributed by atoms with Crippen molar-refractivity contribution in [2.45, 2.75) is 43.6 Å². The number of nitrogens with zero attached hydrogens (tertiary/aromatic N) is 2. The van der Waals surface area contributed by atoms with Crippen LogP contribution >= 0.6 is 0 Å². The summed E-state index contributed by atoms with van der Waals surface area (Å²) in [5, 5.41) is 3.23. The molecule has 0 bridgehead atoms. The average molecular weight is 596 g/mol. The maximum atomic E-state index is 14.6. The largest absolute Gasteiger partial charge is 0.496 e. The predicted molar refractivity (Wildman–Crippen MR) is 143 cm³/mol. The van der Waals surface area contributed by atoms with Crippen LogP contribution in [0.2, 0.25) is 0 Å². The van der Waals surface area contributed by atoms with Crippen LogP contribution in [0.4, 0.5) is 26.3 Å². The number of hydrogen-bond donors (Lipinski definition) is 1. The second kappa shape index (κ2) is 12.4. The topological polar surface area (TPSA) is 46.2 Å². The molecule has 2 aliphatic heterocycles. The molecule has 1 saturated heterocycles. The van der Waals surface area contributed by atoms with E-state index < -0.39 is 50.1 Å². The molecule has 3 unspecified atom stereocenters. The summed E-state index contributed by atoms with van der Waals surface area (Å²) in [6, 6.07) is 14.9. The van der Waals surface area contributed by atoms with Crippen molar-refractivity contribution in [3.63, 3.8) is 0 Å². The zero-order valence-electron chi connectivity index (χ0n) is 22.8. The summed E-state index contributed by atoms with van der Waals surface area (Å²) >= 11 is 0. The fourth-order valence-corrected chi connectivity index (χ4v) is 5.58. The first-order valence-electron chi connectivity index (χ1n) is 13.4. The lowest BCUT2D eigenvalue weighted by atomic mass is 9.97. The summed E-state index contributed by atoms with van der Waals surface area (Å²) in [6.07, 6.45) is -9.86. The van der Waals surface area contributed by atoms with Crippen molar-refractivity contribution in [1.29, 1.82) is 0 Å². The van der Waals surface area contributed by atoms with Crippen LogP contribution in [0, 0.1) is 0 Å². The quantitative estimate of drug-likeness (QED) is 0.310. The molecule has 0 spiro atoms. The Bertz CT molecular complexity index is 1310. The lowest BCUT2D eigenvalue weighted by Crippen LogP contribution is -2.67. The Hall–Kier alpha value is -3.48. The van der Waals surface area contributed by atoms with E-state index in [1.807, 2.05) is 30.3 Å². The smallest absolute Gasteiger partial charge is 0.405 e. The maximum absolute atomic E-state index is 14.6. The molecule has 6 nitrogen and oxygen atoms in total. The number of alkyl halides is 6. The van der Waals surface area contributed by atoms with Crippen LogP contribution in [-0.4, -0.2) is 67.8 Å². The van der Waals surface area contributed by atoms with Crippen LogP contribution in [0.5, 0.6) is 17.2 Å². The van der Waals surface area contributed by atoms with Crippen LogP contribution in [0.25, 0.3) is 0 Å². The van der Waals surface area contributed by atoms with Crippen LogP contribution in [0.1, 0.15) is 22.7 Å². The zero-order chi connectivity index (χ0) is 29.9. The fraction of sp³-hybridized carbons (Fsp3) is 0.400. The number of halogens is 6. The molecule has 3 aromatic carbocycles. The van der Waals surface area contributed by atoms with Crippen molar-refractivity contribution in [2.24, 2.45) is 0 Å². The van der Waals surface area contributed by atoms with Gasteiger partial charge in [0.05, 0.1) is 13.2 Å². The molecular formula is C30H31F6N3O3. The summed E-state index contributed by atoms with van der Waals surface area (Å²) in [5.74, 6) is 1.07. The van der Waals surface area contributed by atoms with E-state index in [9.17, 15) is 26.3 Å². The van der Waals surface area contributed by atoms with Gasteiger partial charge in [0.25, 0.3) is 0 Å². The number of ether oxygens (including phenoxy) is 3. The molecule has 0 saturated carbocycles.